The Hall–Kier alpha value is -3.66. The second-order valence-electron chi connectivity index (χ2n) is 6.44. The zero-order valence-corrected chi connectivity index (χ0v) is 14.7. The first-order chi connectivity index (χ1) is 13.3. The highest BCUT2D eigenvalue weighted by molar-refractivity contribution is 5.91. The number of para-hydroxylation sites is 2. The maximum absolute atomic E-state index is 13.1. The van der Waals surface area contributed by atoms with Crippen LogP contribution in [-0.4, -0.2) is 16.5 Å². The van der Waals surface area contributed by atoms with E-state index in [0.717, 1.165) is 27.4 Å². The van der Waals surface area contributed by atoms with Gasteiger partial charge in [-0.3, -0.25) is 9.20 Å². The van der Waals surface area contributed by atoms with Crippen LogP contribution in [0.25, 0.3) is 33.5 Å². The van der Waals surface area contributed by atoms with E-state index in [-0.39, 0.29) is 5.56 Å². The molecule has 0 aliphatic heterocycles. The SMILES string of the molecule is COc1ccc(/C=c2\c3ccccc3n3c(=O)c4ccccc4nc23)cc1. The largest absolute Gasteiger partial charge is 0.497 e. The van der Waals surface area contributed by atoms with Crippen LogP contribution in [0.5, 0.6) is 5.75 Å². The second kappa shape index (κ2) is 5.95. The summed E-state index contributed by atoms with van der Waals surface area (Å²) < 4.78 is 6.95. The van der Waals surface area contributed by atoms with E-state index in [4.69, 9.17) is 9.72 Å². The van der Waals surface area contributed by atoms with Crippen molar-refractivity contribution in [1.29, 1.82) is 0 Å². The molecule has 0 radical (unpaired) electrons. The first-order valence-electron chi connectivity index (χ1n) is 8.74. The zero-order valence-electron chi connectivity index (χ0n) is 14.7. The van der Waals surface area contributed by atoms with Gasteiger partial charge in [-0.15, -0.1) is 0 Å². The molecule has 0 atom stereocenters. The highest BCUT2D eigenvalue weighted by Crippen LogP contribution is 2.17. The van der Waals surface area contributed by atoms with Gasteiger partial charge in [-0.1, -0.05) is 42.5 Å². The van der Waals surface area contributed by atoms with Crippen molar-refractivity contribution in [1.82, 2.24) is 9.38 Å². The van der Waals surface area contributed by atoms with E-state index in [2.05, 4.69) is 6.08 Å². The summed E-state index contributed by atoms with van der Waals surface area (Å²) in [5.41, 5.74) is 3.24. The highest BCUT2D eigenvalue weighted by atomic mass is 16.5. The van der Waals surface area contributed by atoms with Gasteiger partial charge >= 0.3 is 0 Å². The Balaban J connectivity index is 1.95. The molecular formula is C23H16N2O2. The monoisotopic (exact) mass is 352 g/mol. The second-order valence-corrected chi connectivity index (χ2v) is 6.44. The van der Waals surface area contributed by atoms with Gasteiger partial charge in [0.05, 0.1) is 23.5 Å². The van der Waals surface area contributed by atoms with Gasteiger partial charge in [0.1, 0.15) is 11.4 Å². The fraction of sp³-hybridized carbons (Fsp3) is 0.0435. The number of rotatable bonds is 2. The van der Waals surface area contributed by atoms with E-state index in [1.807, 2.05) is 72.8 Å². The smallest absolute Gasteiger partial charge is 0.266 e. The van der Waals surface area contributed by atoms with E-state index in [1.54, 1.807) is 11.5 Å². The Morgan fingerprint density at radius 3 is 2.37 bits per heavy atom. The average Bonchev–Trinajstić information content (AvgIpc) is 3.03. The molecule has 0 saturated carbocycles. The van der Waals surface area contributed by atoms with Gasteiger partial charge in [0.15, 0.2) is 0 Å². The molecule has 5 aromatic rings. The lowest BCUT2D eigenvalue weighted by Crippen LogP contribution is -2.16. The van der Waals surface area contributed by atoms with E-state index < -0.39 is 0 Å². The molecule has 5 rings (SSSR count). The normalized spacial score (nSPS) is 12.3. The number of hydrogen-bond donors (Lipinski definition) is 0. The lowest BCUT2D eigenvalue weighted by atomic mass is 10.1. The van der Waals surface area contributed by atoms with Crippen LogP contribution in [-0.2, 0) is 0 Å². The molecule has 0 amide bonds. The molecule has 0 bridgehead atoms. The molecule has 130 valence electrons. The van der Waals surface area contributed by atoms with Crippen molar-refractivity contribution >= 4 is 33.5 Å². The van der Waals surface area contributed by atoms with Crippen LogP contribution in [0.4, 0.5) is 0 Å². The lowest BCUT2D eigenvalue weighted by Gasteiger charge is -2.00. The number of nitrogens with zero attached hydrogens (tertiary/aromatic N) is 2. The fourth-order valence-electron chi connectivity index (χ4n) is 3.56. The van der Waals surface area contributed by atoms with Crippen LogP contribution < -0.4 is 15.5 Å². The van der Waals surface area contributed by atoms with E-state index >= 15 is 0 Å². The number of hydrogen-bond acceptors (Lipinski definition) is 3. The summed E-state index contributed by atoms with van der Waals surface area (Å²) in [6.45, 7) is 0. The summed E-state index contributed by atoms with van der Waals surface area (Å²) in [7, 11) is 1.65. The predicted molar refractivity (Wildman–Crippen MR) is 108 cm³/mol. The summed E-state index contributed by atoms with van der Waals surface area (Å²) in [5, 5.41) is 2.58. The van der Waals surface area contributed by atoms with E-state index in [9.17, 15) is 4.79 Å². The predicted octanol–water partition coefficient (Wildman–Crippen LogP) is 3.56. The third-order valence-corrected chi connectivity index (χ3v) is 4.88. The molecule has 4 heteroatoms. The van der Waals surface area contributed by atoms with Crippen LogP contribution >= 0.6 is 0 Å². The molecule has 3 aromatic carbocycles. The summed E-state index contributed by atoms with van der Waals surface area (Å²) in [6.07, 6.45) is 2.07. The maximum atomic E-state index is 13.1. The number of methoxy groups -OCH3 is 1. The Morgan fingerprint density at radius 2 is 1.59 bits per heavy atom. The minimum atomic E-state index is -0.0406. The third-order valence-electron chi connectivity index (χ3n) is 4.88. The number of benzene rings is 3. The van der Waals surface area contributed by atoms with Crippen molar-refractivity contribution in [2.45, 2.75) is 0 Å². The molecule has 0 unspecified atom stereocenters. The molecule has 0 saturated heterocycles. The van der Waals surface area contributed by atoms with Crippen LogP contribution in [0.15, 0.2) is 77.6 Å². The molecular weight excluding hydrogens is 336 g/mol. The van der Waals surface area contributed by atoms with Crippen molar-refractivity contribution < 1.29 is 4.74 Å². The van der Waals surface area contributed by atoms with Crippen molar-refractivity contribution in [2.24, 2.45) is 0 Å². The highest BCUT2D eigenvalue weighted by Gasteiger charge is 2.12. The van der Waals surface area contributed by atoms with Gasteiger partial charge in [-0.05, 0) is 42.0 Å². The summed E-state index contributed by atoms with van der Waals surface area (Å²) in [5.74, 6) is 0.810. The van der Waals surface area contributed by atoms with Crippen LogP contribution in [0, 0.1) is 0 Å². The van der Waals surface area contributed by atoms with Gasteiger partial charge in [0.25, 0.3) is 5.56 Å². The molecule has 2 heterocycles. The van der Waals surface area contributed by atoms with E-state index in [0.29, 0.717) is 16.6 Å². The van der Waals surface area contributed by atoms with Crippen molar-refractivity contribution in [3.8, 4) is 5.75 Å². The summed E-state index contributed by atoms with van der Waals surface area (Å²) in [4.78, 5) is 18.0. The molecule has 0 aliphatic rings. The Kier molecular flexibility index (Phi) is 3.44. The minimum Gasteiger partial charge on any atom is -0.497 e. The Morgan fingerprint density at radius 1 is 0.889 bits per heavy atom. The van der Waals surface area contributed by atoms with Gasteiger partial charge in [-0.25, -0.2) is 4.98 Å². The van der Waals surface area contributed by atoms with E-state index in [1.165, 1.54) is 0 Å². The van der Waals surface area contributed by atoms with Crippen LogP contribution in [0.2, 0.25) is 0 Å². The topological polar surface area (TPSA) is 43.6 Å². The zero-order chi connectivity index (χ0) is 18.4. The van der Waals surface area contributed by atoms with Gasteiger partial charge in [0.2, 0.25) is 0 Å². The van der Waals surface area contributed by atoms with Crippen molar-refractivity contribution in [2.75, 3.05) is 7.11 Å². The quantitative estimate of drug-likeness (QED) is 0.488. The maximum Gasteiger partial charge on any atom is 0.266 e. The van der Waals surface area contributed by atoms with Gasteiger partial charge < -0.3 is 4.74 Å². The number of aromatic nitrogens is 2. The summed E-state index contributed by atoms with van der Waals surface area (Å²) in [6, 6.07) is 23.2. The molecule has 4 nitrogen and oxygen atoms in total. The Bertz CT molecular complexity index is 1420. The van der Waals surface area contributed by atoms with Crippen molar-refractivity contribution in [3.05, 3.63) is 93.9 Å². The number of ether oxygens (including phenoxy) is 1. The lowest BCUT2D eigenvalue weighted by molar-refractivity contribution is 0.415. The van der Waals surface area contributed by atoms with Gasteiger partial charge in [-0.2, -0.15) is 0 Å². The van der Waals surface area contributed by atoms with Gasteiger partial charge in [0, 0.05) is 10.6 Å². The molecule has 0 spiro atoms. The first-order valence-corrected chi connectivity index (χ1v) is 8.74. The first kappa shape index (κ1) is 15.6. The Labute approximate surface area is 155 Å². The van der Waals surface area contributed by atoms with Crippen LogP contribution in [0.3, 0.4) is 0 Å². The minimum absolute atomic E-state index is 0.0406. The molecule has 0 fully saturated rings. The molecule has 27 heavy (non-hydrogen) atoms. The fourth-order valence-corrected chi connectivity index (χ4v) is 3.56. The van der Waals surface area contributed by atoms with Crippen molar-refractivity contribution in [3.63, 3.8) is 0 Å². The third kappa shape index (κ3) is 2.38. The molecule has 0 aliphatic carbocycles. The molecule has 2 aromatic heterocycles. The molecule has 0 N–H and O–H groups in total. The number of fused-ring (bicyclic) bond motifs is 4. The van der Waals surface area contributed by atoms with Crippen LogP contribution in [0.1, 0.15) is 5.56 Å². The average molecular weight is 352 g/mol. The standard InChI is InChI=1S/C23H16N2O2/c1-27-16-12-10-15(11-13-16)14-19-17-6-3-5-9-21(17)25-22(19)24-20-8-4-2-7-18(20)23(25)26/h2-14H,1H3/b19-14+. The summed E-state index contributed by atoms with van der Waals surface area (Å²) >= 11 is 0.